The second-order valence-electron chi connectivity index (χ2n) is 5.89. The third-order valence-electron chi connectivity index (χ3n) is 4.12. The summed E-state index contributed by atoms with van der Waals surface area (Å²) in [5, 5.41) is 11.4. The van der Waals surface area contributed by atoms with Crippen molar-refractivity contribution in [1.29, 1.82) is 0 Å². The molecule has 0 heterocycles. The molecule has 0 bridgehead atoms. The van der Waals surface area contributed by atoms with E-state index in [0.717, 1.165) is 12.8 Å². The predicted molar refractivity (Wildman–Crippen MR) is 82.6 cm³/mol. The Balaban J connectivity index is 3.49. The van der Waals surface area contributed by atoms with Gasteiger partial charge < -0.3 is 5.32 Å². The summed E-state index contributed by atoms with van der Waals surface area (Å²) in [5.74, 6) is -0.601. The van der Waals surface area contributed by atoms with Crippen molar-refractivity contribution in [3.05, 3.63) is 0 Å². The molecule has 0 aromatic carbocycles. The van der Waals surface area contributed by atoms with Crippen molar-refractivity contribution in [3.63, 3.8) is 0 Å². The standard InChI is InChI=1S/C16H33NO3/c1-4-5-6-7-8-9-10-11-12-13-14-16(2,17-3)15(18)20-19/h17,19H,4-14H2,1-3H3. The van der Waals surface area contributed by atoms with Crippen molar-refractivity contribution in [2.24, 2.45) is 0 Å². The van der Waals surface area contributed by atoms with Crippen LogP contribution in [0.15, 0.2) is 0 Å². The van der Waals surface area contributed by atoms with Gasteiger partial charge in [0.25, 0.3) is 0 Å². The normalized spacial score (nSPS) is 14.0. The first-order valence-electron chi connectivity index (χ1n) is 8.15. The van der Waals surface area contributed by atoms with Crippen LogP contribution in [0.4, 0.5) is 0 Å². The Hall–Kier alpha value is -0.610. The van der Waals surface area contributed by atoms with Crippen molar-refractivity contribution in [2.75, 3.05) is 7.05 Å². The molecule has 2 N–H and O–H groups in total. The van der Waals surface area contributed by atoms with E-state index in [4.69, 9.17) is 5.26 Å². The average molecular weight is 287 g/mol. The molecule has 0 rings (SSSR count). The first-order valence-corrected chi connectivity index (χ1v) is 8.15. The van der Waals surface area contributed by atoms with Gasteiger partial charge >= 0.3 is 5.97 Å². The van der Waals surface area contributed by atoms with Crippen molar-refractivity contribution in [2.45, 2.75) is 90.0 Å². The maximum Gasteiger partial charge on any atom is 0.361 e. The highest BCUT2D eigenvalue weighted by atomic mass is 17.1. The van der Waals surface area contributed by atoms with Gasteiger partial charge in [0.1, 0.15) is 5.54 Å². The van der Waals surface area contributed by atoms with E-state index in [1.54, 1.807) is 14.0 Å². The lowest BCUT2D eigenvalue weighted by Crippen LogP contribution is -2.48. The van der Waals surface area contributed by atoms with E-state index < -0.39 is 11.5 Å². The Morgan fingerprint density at radius 2 is 1.45 bits per heavy atom. The number of hydrogen-bond donors (Lipinski definition) is 2. The number of carbonyl (C=O) groups is 1. The lowest BCUT2D eigenvalue weighted by Gasteiger charge is -2.24. The summed E-state index contributed by atoms with van der Waals surface area (Å²) in [6.45, 7) is 4.00. The highest BCUT2D eigenvalue weighted by molar-refractivity contribution is 5.79. The zero-order valence-electron chi connectivity index (χ0n) is 13.5. The van der Waals surface area contributed by atoms with Crippen LogP contribution in [0.25, 0.3) is 0 Å². The molecule has 0 aliphatic carbocycles. The molecule has 0 aromatic rings. The third-order valence-corrected chi connectivity index (χ3v) is 4.12. The fourth-order valence-electron chi connectivity index (χ4n) is 2.40. The molecular formula is C16H33NO3. The Labute approximate surface area is 124 Å². The number of unbranched alkanes of at least 4 members (excludes halogenated alkanes) is 9. The summed E-state index contributed by atoms with van der Waals surface area (Å²) in [7, 11) is 1.72. The molecule has 120 valence electrons. The van der Waals surface area contributed by atoms with Crippen LogP contribution < -0.4 is 5.32 Å². The van der Waals surface area contributed by atoms with E-state index in [1.807, 2.05) is 0 Å². The fraction of sp³-hybridized carbons (Fsp3) is 0.938. The van der Waals surface area contributed by atoms with Gasteiger partial charge in [0.15, 0.2) is 0 Å². The molecule has 0 aliphatic rings. The maximum absolute atomic E-state index is 11.4. The van der Waals surface area contributed by atoms with Crippen LogP contribution in [0.2, 0.25) is 0 Å². The van der Waals surface area contributed by atoms with Crippen molar-refractivity contribution < 1.29 is 14.9 Å². The molecule has 0 saturated carbocycles. The van der Waals surface area contributed by atoms with E-state index >= 15 is 0 Å². The van der Waals surface area contributed by atoms with Gasteiger partial charge in [-0.1, -0.05) is 71.1 Å². The van der Waals surface area contributed by atoms with Gasteiger partial charge in [0.2, 0.25) is 0 Å². The van der Waals surface area contributed by atoms with Crippen LogP contribution in [-0.2, 0) is 9.68 Å². The number of rotatable bonds is 13. The van der Waals surface area contributed by atoms with Crippen molar-refractivity contribution in [3.8, 4) is 0 Å². The summed E-state index contributed by atoms with van der Waals surface area (Å²) >= 11 is 0. The third kappa shape index (κ3) is 8.54. The summed E-state index contributed by atoms with van der Waals surface area (Å²) in [4.78, 5) is 15.3. The van der Waals surface area contributed by atoms with Crippen LogP contribution >= 0.6 is 0 Å². The molecule has 0 aliphatic heterocycles. The fourth-order valence-corrected chi connectivity index (χ4v) is 2.40. The first kappa shape index (κ1) is 19.4. The lowest BCUT2D eigenvalue weighted by molar-refractivity contribution is -0.241. The van der Waals surface area contributed by atoms with Crippen molar-refractivity contribution >= 4 is 5.97 Å². The Morgan fingerprint density at radius 1 is 1.00 bits per heavy atom. The number of hydrogen-bond acceptors (Lipinski definition) is 4. The number of likely N-dealkylation sites (N-methyl/N-ethyl adjacent to an activating group) is 1. The first-order chi connectivity index (χ1) is 9.60. The molecular weight excluding hydrogens is 254 g/mol. The van der Waals surface area contributed by atoms with Gasteiger partial charge in [-0.25, -0.2) is 4.79 Å². The number of carbonyl (C=O) groups excluding carboxylic acids is 1. The van der Waals surface area contributed by atoms with E-state index in [-0.39, 0.29) is 0 Å². The predicted octanol–water partition coefficient (Wildman–Crippen LogP) is 4.29. The molecule has 1 atom stereocenters. The van der Waals surface area contributed by atoms with Gasteiger partial charge in [0.05, 0.1) is 0 Å². The minimum atomic E-state index is -0.769. The maximum atomic E-state index is 11.4. The van der Waals surface area contributed by atoms with Crippen LogP contribution in [0, 0.1) is 0 Å². The molecule has 0 aromatic heterocycles. The molecule has 0 fully saturated rings. The molecule has 4 heteroatoms. The lowest BCUT2D eigenvalue weighted by atomic mass is 9.94. The van der Waals surface area contributed by atoms with Gasteiger partial charge in [-0.2, -0.15) is 5.26 Å². The molecule has 20 heavy (non-hydrogen) atoms. The Bertz CT molecular complexity index is 246. The van der Waals surface area contributed by atoms with Crippen LogP contribution in [0.3, 0.4) is 0 Å². The minimum Gasteiger partial charge on any atom is -0.305 e. The average Bonchev–Trinajstić information content (AvgIpc) is 2.48. The molecule has 4 nitrogen and oxygen atoms in total. The van der Waals surface area contributed by atoms with E-state index in [2.05, 4.69) is 17.1 Å². The molecule has 0 saturated heterocycles. The van der Waals surface area contributed by atoms with Gasteiger partial charge in [-0.3, -0.25) is 4.89 Å². The van der Waals surface area contributed by atoms with Gasteiger partial charge in [0, 0.05) is 0 Å². The smallest absolute Gasteiger partial charge is 0.305 e. The highest BCUT2D eigenvalue weighted by Crippen LogP contribution is 2.17. The topological polar surface area (TPSA) is 58.6 Å². The van der Waals surface area contributed by atoms with Crippen LogP contribution in [0.5, 0.6) is 0 Å². The van der Waals surface area contributed by atoms with Gasteiger partial charge in [-0.15, -0.1) is 0 Å². The molecule has 0 radical (unpaired) electrons. The molecule has 0 spiro atoms. The summed E-state index contributed by atoms with van der Waals surface area (Å²) in [6.07, 6.45) is 13.4. The van der Waals surface area contributed by atoms with E-state index in [1.165, 1.54) is 51.4 Å². The van der Waals surface area contributed by atoms with Crippen LogP contribution in [0.1, 0.15) is 84.5 Å². The zero-order chi connectivity index (χ0) is 15.3. The molecule has 1 unspecified atom stereocenters. The van der Waals surface area contributed by atoms with Crippen molar-refractivity contribution in [1.82, 2.24) is 5.32 Å². The van der Waals surface area contributed by atoms with E-state index in [0.29, 0.717) is 6.42 Å². The summed E-state index contributed by atoms with van der Waals surface area (Å²) in [6, 6.07) is 0. The quantitative estimate of drug-likeness (QED) is 0.301. The zero-order valence-corrected chi connectivity index (χ0v) is 13.5. The van der Waals surface area contributed by atoms with Crippen LogP contribution in [-0.4, -0.2) is 23.8 Å². The highest BCUT2D eigenvalue weighted by Gasteiger charge is 2.32. The van der Waals surface area contributed by atoms with E-state index in [9.17, 15) is 4.79 Å². The summed E-state index contributed by atoms with van der Waals surface area (Å²) < 4.78 is 0. The largest absolute Gasteiger partial charge is 0.361 e. The SMILES string of the molecule is CCCCCCCCCCCCC(C)(NC)C(=O)OO. The second kappa shape index (κ2) is 12.2. The second-order valence-corrected chi connectivity index (χ2v) is 5.89. The monoisotopic (exact) mass is 287 g/mol. The number of nitrogens with one attached hydrogen (secondary N) is 1. The van der Waals surface area contributed by atoms with Gasteiger partial charge in [-0.05, 0) is 20.4 Å². The minimum absolute atomic E-state index is 0.601. The summed E-state index contributed by atoms with van der Waals surface area (Å²) in [5.41, 5.74) is -0.769. The Morgan fingerprint density at radius 3 is 1.85 bits per heavy atom. The Kier molecular flexibility index (Phi) is 11.8. The molecule has 0 amide bonds.